The fourth-order valence-electron chi connectivity index (χ4n) is 2.35. The Kier molecular flexibility index (Phi) is 6.95. The Morgan fingerprint density at radius 2 is 1.67 bits per heavy atom. The highest BCUT2D eigenvalue weighted by atomic mass is 32.2. The summed E-state index contributed by atoms with van der Waals surface area (Å²) in [6, 6.07) is 15.7. The summed E-state index contributed by atoms with van der Waals surface area (Å²) in [6.45, 7) is 1.87. The molecule has 0 fully saturated rings. The van der Waals surface area contributed by atoms with E-state index in [1.807, 2.05) is 30.3 Å². The number of sulfonamides is 1. The topological polar surface area (TPSA) is 102 Å². The first-order valence-corrected chi connectivity index (χ1v) is 10.2. The van der Waals surface area contributed by atoms with Gasteiger partial charge in [0.05, 0.1) is 17.5 Å². The van der Waals surface area contributed by atoms with E-state index < -0.39 is 28.0 Å². The van der Waals surface area contributed by atoms with Crippen molar-refractivity contribution < 1.29 is 22.7 Å². The SMILES string of the molecule is CC(OC(=O)c1ccccc1NS(C)(=O)=O)C(=O)NCCc1ccccc1. The molecule has 0 radical (unpaired) electrons. The summed E-state index contributed by atoms with van der Waals surface area (Å²) >= 11 is 0. The van der Waals surface area contributed by atoms with Crippen LogP contribution in [0.3, 0.4) is 0 Å². The lowest BCUT2D eigenvalue weighted by Gasteiger charge is -2.15. The zero-order valence-corrected chi connectivity index (χ0v) is 16.0. The van der Waals surface area contributed by atoms with Crippen molar-refractivity contribution >= 4 is 27.6 Å². The van der Waals surface area contributed by atoms with Gasteiger partial charge < -0.3 is 10.1 Å². The summed E-state index contributed by atoms with van der Waals surface area (Å²) < 4.78 is 30.3. The van der Waals surface area contributed by atoms with Crippen molar-refractivity contribution in [1.29, 1.82) is 0 Å². The zero-order chi connectivity index (χ0) is 19.9. The van der Waals surface area contributed by atoms with Gasteiger partial charge in [-0.15, -0.1) is 0 Å². The first-order valence-electron chi connectivity index (χ1n) is 8.35. The van der Waals surface area contributed by atoms with Crippen LogP contribution >= 0.6 is 0 Å². The Balaban J connectivity index is 1.92. The predicted octanol–water partition coefficient (Wildman–Crippen LogP) is 1.96. The second-order valence-corrected chi connectivity index (χ2v) is 7.74. The first kappa shape index (κ1) is 20.4. The van der Waals surface area contributed by atoms with E-state index in [1.54, 1.807) is 12.1 Å². The first-order chi connectivity index (χ1) is 12.8. The Morgan fingerprint density at radius 1 is 1.04 bits per heavy atom. The van der Waals surface area contributed by atoms with Gasteiger partial charge in [-0.3, -0.25) is 9.52 Å². The van der Waals surface area contributed by atoms with E-state index in [4.69, 9.17) is 4.74 Å². The van der Waals surface area contributed by atoms with Gasteiger partial charge in [0.1, 0.15) is 0 Å². The van der Waals surface area contributed by atoms with Crippen LogP contribution in [-0.4, -0.2) is 39.2 Å². The van der Waals surface area contributed by atoms with Crippen LogP contribution in [-0.2, 0) is 26.0 Å². The Hall–Kier alpha value is -2.87. The molecule has 1 atom stereocenters. The molecule has 8 heteroatoms. The second kappa shape index (κ2) is 9.18. The fraction of sp³-hybridized carbons (Fsp3) is 0.263. The molecule has 2 aromatic rings. The summed E-state index contributed by atoms with van der Waals surface area (Å²) in [5, 5.41) is 2.71. The summed E-state index contributed by atoms with van der Waals surface area (Å²) in [5.74, 6) is -1.21. The van der Waals surface area contributed by atoms with Gasteiger partial charge in [0.25, 0.3) is 5.91 Å². The number of nitrogens with one attached hydrogen (secondary N) is 2. The highest BCUT2D eigenvalue weighted by Crippen LogP contribution is 2.18. The van der Waals surface area contributed by atoms with Gasteiger partial charge in [-0.05, 0) is 31.0 Å². The summed E-state index contributed by atoms with van der Waals surface area (Å²) in [6.07, 6.45) is 0.631. The third kappa shape index (κ3) is 6.74. The molecule has 0 saturated carbocycles. The van der Waals surface area contributed by atoms with Gasteiger partial charge in [0, 0.05) is 6.54 Å². The summed E-state index contributed by atoms with van der Waals surface area (Å²) in [5.41, 5.74) is 1.22. The molecule has 2 N–H and O–H groups in total. The van der Waals surface area contributed by atoms with Crippen LogP contribution in [0.25, 0.3) is 0 Å². The van der Waals surface area contributed by atoms with E-state index in [2.05, 4.69) is 10.0 Å². The van der Waals surface area contributed by atoms with Gasteiger partial charge >= 0.3 is 5.97 Å². The maximum Gasteiger partial charge on any atom is 0.341 e. The molecular formula is C19H22N2O5S. The van der Waals surface area contributed by atoms with Crippen molar-refractivity contribution in [3.8, 4) is 0 Å². The number of hydrogen-bond donors (Lipinski definition) is 2. The molecule has 0 aliphatic heterocycles. The van der Waals surface area contributed by atoms with Crippen LogP contribution in [0.5, 0.6) is 0 Å². The van der Waals surface area contributed by atoms with Gasteiger partial charge in [-0.1, -0.05) is 42.5 Å². The third-order valence-corrected chi connectivity index (χ3v) is 4.24. The highest BCUT2D eigenvalue weighted by molar-refractivity contribution is 7.92. The molecule has 2 aromatic carbocycles. The lowest BCUT2D eigenvalue weighted by Crippen LogP contribution is -2.37. The van der Waals surface area contributed by atoms with Gasteiger partial charge in [-0.25, -0.2) is 13.2 Å². The minimum absolute atomic E-state index is 0.0341. The van der Waals surface area contributed by atoms with E-state index in [0.29, 0.717) is 13.0 Å². The number of hydrogen-bond acceptors (Lipinski definition) is 5. The molecule has 1 amide bonds. The number of benzene rings is 2. The van der Waals surface area contributed by atoms with E-state index in [1.165, 1.54) is 19.1 Å². The number of esters is 1. The van der Waals surface area contributed by atoms with Crippen molar-refractivity contribution in [2.24, 2.45) is 0 Å². The third-order valence-electron chi connectivity index (χ3n) is 3.65. The highest BCUT2D eigenvalue weighted by Gasteiger charge is 2.21. The van der Waals surface area contributed by atoms with Gasteiger partial charge in [0.2, 0.25) is 10.0 Å². The van der Waals surface area contributed by atoms with Crippen molar-refractivity contribution in [3.63, 3.8) is 0 Å². The van der Waals surface area contributed by atoms with Crippen LogP contribution in [0, 0.1) is 0 Å². The standard InChI is InChI=1S/C19H22N2O5S/c1-14(18(22)20-13-12-15-8-4-3-5-9-15)26-19(23)16-10-6-7-11-17(16)21-27(2,24)25/h3-11,14,21H,12-13H2,1-2H3,(H,20,22). The van der Waals surface area contributed by atoms with E-state index in [0.717, 1.165) is 11.8 Å². The number of carbonyl (C=O) groups excluding carboxylic acids is 2. The second-order valence-electron chi connectivity index (χ2n) is 5.99. The smallest absolute Gasteiger partial charge is 0.341 e. The lowest BCUT2D eigenvalue weighted by atomic mass is 10.1. The van der Waals surface area contributed by atoms with Crippen LogP contribution < -0.4 is 10.0 Å². The van der Waals surface area contributed by atoms with Crippen molar-refractivity contribution in [2.75, 3.05) is 17.5 Å². The average molecular weight is 390 g/mol. The van der Waals surface area contributed by atoms with E-state index in [9.17, 15) is 18.0 Å². The number of anilines is 1. The Bertz CT molecular complexity index is 897. The maximum absolute atomic E-state index is 12.3. The zero-order valence-electron chi connectivity index (χ0n) is 15.1. The molecule has 0 saturated heterocycles. The van der Waals surface area contributed by atoms with Gasteiger partial charge in [0.15, 0.2) is 6.10 Å². The Labute approximate surface area is 158 Å². The lowest BCUT2D eigenvalue weighted by molar-refractivity contribution is -0.129. The minimum atomic E-state index is -3.55. The van der Waals surface area contributed by atoms with Crippen molar-refractivity contribution in [1.82, 2.24) is 5.32 Å². The van der Waals surface area contributed by atoms with Crippen LogP contribution in [0.15, 0.2) is 54.6 Å². The van der Waals surface area contributed by atoms with Crippen molar-refractivity contribution in [3.05, 3.63) is 65.7 Å². The summed E-state index contributed by atoms with van der Waals surface area (Å²) in [4.78, 5) is 24.4. The molecule has 0 bridgehead atoms. The monoisotopic (exact) mass is 390 g/mol. The number of carbonyl (C=O) groups is 2. The number of amides is 1. The van der Waals surface area contributed by atoms with Gasteiger partial charge in [-0.2, -0.15) is 0 Å². The summed E-state index contributed by atoms with van der Waals surface area (Å²) in [7, 11) is -3.55. The normalized spacial score (nSPS) is 12.1. The van der Waals surface area contributed by atoms with Crippen LogP contribution in [0.2, 0.25) is 0 Å². The van der Waals surface area contributed by atoms with Crippen molar-refractivity contribution in [2.45, 2.75) is 19.4 Å². The largest absolute Gasteiger partial charge is 0.449 e. The molecule has 27 heavy (non-hydrogen) atoms. The average Bonchev–Trinajstić information content (AvgIpc) is 2.61. The molecule has 0 aliphatic carbocycles. The number of ether oxygens (including phenoxy) is 1. The molecule has 0 aliphatic rings. The molecule has 0 heterocycles. The van der Waals surface area contributed by atoms with Crippen LogP contribution in [0.4, 0.5) is 5.69 Å². The van der Waals surface area contributed by atoms with E-state index >= 15 is 0 Å². The molecule has 144 valence electrons. The molecule has 0 spiro atoms. The minimum Gasteiger partial charge on any atom is -0.449 e. The molecule has 0 aromatic heterocycles. The fourth-order valence-corrected chi connectivity index (χ4v) is 2.92. The molecule has 2 rings (SSSR count). The molecule has 1 unspecified atom stereocenters. The Morgan fingerprint density at radius 3 is 2.33 bits per heavy atom. The van der Waals surface area contributed by atoms with Crippen LogP contribution in [0.1, 0.15) is 22.8 Å². The number of para-hydroxylation sites is 1. The predicted molar refractivity (Wildman–Crippen MR) is 103 cm³/mol. The molecular weight excluding hydrogens is 368 g/mol. The molecule has 7 nitrogen and oxygen atoms in total. The maximum atomic E-state index is 12.3. The quantitative estimate of drug-likeness (QED) is 0.671. The van der Waals surface area contributed by atoms with E-state index in [-0.39, 0.29) is 11.3 Å². The number of rotatable bonds is 8.